The Bertz CT molecular complexity index is 640. The van der Waals surface area contributed by atoms with Gasteiger partial charge in [-0.3, -0.25) is 0 Å². The molecule has 1 heterocycles. The number of hydrogen-bond acceptors (Lipinski definition) is 6. The second-order valence-corrected chi connectivity index (χ2v) is 5.59. The summed E-state index contributed by atoms with van der Waals surface area (Å²) < 4.78 is 5.26. The third-order valence-electron chi connectivity index (χ3n) is 2.82. The van der Waals surface area contributed by atoms with Gasteiger partial charge < -0.3 is 20.1 Å². The van der Waals surface area contributed by atoms with Crippen LogP contribution in [0.1, 0.15) is 15.2 Å². The maximum Gasteiger partial charge on any atom is 0.337 e. The van der Waals surface area contributed by atoms with E-state index in [1.165, 1.54) is 11.3 Å². The number of nitrogens with zero attached hydrogens (tertiary/aromatic N) is 2. The van der Waals surface area contributed by atoms with Crippen molar-refractivity contribution < 1.29 is 14.6 Å². The van der Waals surface area contributed by atoms with Crippen LogP contribution in [0, 0.1) is 0 Å². The summed E-state index contributed by atoms with van der Waals surface area (Å²) in [6.07, 6.45) is 0. The molecule has 2 rings (SSSR count). The lowest BCUT2D eigenvalue weighted by Gasteiger charge is -2.08. The fraction of sp³-hybridized carbons (Fsp3) is 0.286. The molecule has 0 saturated carbocycles. The average molecular weight is 307 g/mol. The topological polar surface area (TPSA) is 74.7 Å². The summed E-state index contributed by atoms with van der Waals surface area (Å²) in [5.41, 5.74) is 0.820. The molecule has 21 heavy (non-hydrogen) atoms. The molecule has 0 aliphatic rings. The van der Waals surface area contributed by atoms with Gasteiger partial charge in [-0.1, -0.05) is 23.5 Å². The Morgan fingerprint density at radius 2 is 2.14 bits per heavy atom. The minimum atomic E-state index is -0.955. The molecule has 0 aliphatic carbocycles. The number of carbonyl (C=O) groups is 1. The smallest absolute Gasteiger partial charge is 0.337 e. The van der Waals surface area contributed by atoms with Gasteiger partial charge in [-0.15, -0.1) is 0 Å². The summed E-state index contributed by atoms with van der Waals surface area (Å²) in [5.74, 6) is -0.396. The molecule has 2 aromatic rings. The van der Waals surface area contributed by atoms with Crippen LogP contribution in [0.15, 0.2) is 24.3 Å². The molecule has 0 amide bonds. The van der Waals surface area contributed by atoms with Crippen molar-refractivity contribution in [3.63, 3.8) is 0 Å². The first-order valence-corrected chi connectivity index (χ1v) is 7.11. The number of aromatic carboxylic acids is 1. The normalized spacial score (nSPS) is 10.2. The van der Waals surface area contributed by atoms with Crippen LogP contribution in [0.25, 0.3) is 0 Å². The Kier molecular flexibility index (Phi) is 4.64. The summed E-state index contributed by atoms with van der Waals surface area (Å²) in [6.45, 7) is 0.457. The molecule has 0 atom stereocenters. The van der Waals surface area contributed by atoms with Crippen molar-refractivity contribution in [2.45, 2.75) is 6.54 Å². The zero-order valence-corrected chi connectivity index (χ0v) is 12.9. The number of thiazole rings is 1. The van der Waals surface area contributed by atoms with Crippen LogP contribution < -0.4 is 15.0 Å². The van der Waals surface area contributed by atoms with Gasteiger partial charge in [-0.2, -0.15) is 4.98 Å². The van der Waals surface area contributed by atoms with Crippen LogP contribution in [0.4, 0.5) is 10.8 Å². The lowest BCUT2D eigenvalue weighted by atomic mass is 10.2. The Hall–Kier alpha value is -2.28. The van der Waals surface area contributed by atoms with E-state index in [1.54, 1.807) is 31.4 Å². The van der Waals surface area contributed by atoms with Crippen molar-refractivity contribution in [1.29, 1.82) is 0 Å². The summed E-state index contributed by atoms with van der Waals surface area (Å²) in [5, 5.41) is 13.1. The van der Waals surface area contributed by atoms with Crippen molar-refractivity contribution in [3.05, 3.63) is 34.7 Å². The second kappa shape index (κ2) is 6.45. The van der Waals surface area contributed by atoms with Crippen molar-refractivity contribution in [1.82, 2.24) is 4.98 Å². The fourth-order valence-electron chi connectivity index (χ4n) is 1.79. The minimum absolute atomic E-state index is 0.244. The standard InChI is InChI=1S/C14H17N3O3S/c1-17(2)14-16-12(20-3)11(21-14)8-15-10-7-5-4-6-9(10)13(18)19/h4-7,15H,8H2,1-3H3,(H,18,19). The van der Waals surface area contributed by atoms with Crippen molar-refractivity contribution in [2.75, 3.05) is 31.4 Å². The Morgan fingerprint density at radius 1 is 1.43 bits per heavy atom. The number of carboxylic acids is 1. The molecule has 0 bridgehead atoms. The van der Waals surface area contributed by atoms with Crippen LogP contribution in [0.3, 0.4) is 0 Å². The van der Waals surface area contributed by atoms with Gasteiger partial charge in [0.05, 0.1) is 24.1 Å². The third-order valence-corrected chi connectivity index (χ3v) is 4.03. The maximum atomic E-state index is 11.2. The van der Waals surface area contributed by atoms with Crippen LogP contribution in [-0.2, 0) is 6.54 Å². The first kappa shape index (κ1) is 15.1. The van der Waals surface area contributed by atoms with Crippen molar-refractivity contribution >= 4 is 28.1 Å². The van der Waals surface area contributed by atoms with Gasteiger partial charge in [0.25, 0.3) is 0 Å². The van der Waals surface area contributed by atoms with E-state index < -0.39 is 5.97 Å². The lowest BCUT2D eigenvalue weighted by molar-refractivity contribution is 0.0698. The molecule has 1 aromatic carbocycles. The van der Waals surface area contributed by atoms with Gasteiger partial charge >= 0.3 is 5.97 Å². The number of anilines is 2. The zero-order valence-electron chi connectivity index (χ0n) is 12.1. The number of para-hydroxylation sites is 1. The first-order chi connectivity index (χ1) is 10.0. The van der Waals surface area contributed by atoms with E-state index in [2.05, 4.69) is 10.3 Å². The molecule has 1 aromatic heterocycles. The summed E-state index contributed by atoms with van der Waals surface area (Å²) in [7, 11) is 5.40. The monoisotopic (exact) mass is 307 g/mol. The van der Waals surface area contributed by atoms with Gasteiger partial charge in [-0.05, 0) is 12.1 Å². The molecular formula is C14H17N3O3S. The largest absolute Gasteiger partial charge is 0.480 e. The summed E-state index contributed by atoms with van der Waals surface area (Å²) >= 11 is 1.51. The number of aromatic nitrogens is 1. The highest BCUT2D eigenvalue weighted by Gasteiger charge is 2.14. The molecular weight excluding hydrogens is 290 g/mol. The lowest BCUT2D eigenvalue weighted by Crippen LogP contribution is -2.07. The molecule has 6 nitrogen and oxygen atoms in total. The molecule has 0 unspecified atom stereocenters. The number of methoxy groups -OCH3 is 1. The predicted octanol–water partition coefficient (Wildman–Crippen LogP) is 2.53. The average Bonchev–Trinajstić information content (AvgIpc) is 2.88. The molecule has 7 heteroatoms. The van der Waals surface area contributed by atoms with E-state index in [-0.39, 0.29) is 5.56 Å². The number of nitrogens with one attached hydrogen (secondary N) is 1. The summed E-state index contributed by atoms with van der Waals surface area (Å²) in [6, 6.07) is 6.81. The Balaban J connectivity index is 2.18. The van der Waals surface area contributed by atoms with Gasteiger partial charge in [0.15, 0.2) is 5.13 Å². The van der Waals surface area contributed by atoms with E-state index in [0.29, 0.717) is 18.1 Å². The van der Waals surface area contributed by atoms with E-state index in [1.807, 2.05) is 19.0 Å². The Morgan fingerprint density at radius 3 is 2.76 bits per heavy atom. The molecule has 0 spiro atoms. The molecule has 112 valence electrons. The highest BCUT2D eigenvalue weighted by atomic mass is 32.1. The fourth-order valence-corrected chi connectivity index (χ4v) is 2.68. The molecule has 0 radical (unpaired) electrons. The van der Waals surface area contributed by atoms with Crippen molar-refractivity contribution in [2.24, 2.45) is 0 Å². The third kappa shape index (κ3) is 3.43. The molecule has 0 aliphatic heterocycles. The van der Waals surface area contributed by atoms with Gasteiger partial charge in [0, 0.05) is 19.8 Å². The van der Waals surface area contributed by atoms with Gasteiger partial charge in [0.2, 0.25) is 5.88 Å². The van der Waals surface area contributed by atoms with Crippen LogP contribution in [-0.4, -0.2) is 37.3 Å². The first-order valence-electron chi connectivity index (χ1n) is 6.30. The highest BCUT2D eigenvalue weighted by Crippen LogP contribution is 2.31. The van der Waals surface area contributed by atoms with Crippen LogP contribution in [0.2, 0.25) is 0 Å². The minimum Gasteiger partial charge on any atom is -0.480 e. The number of ether oxygens (including phenoxy) is 1. The van der Waals surface area contributed by atoms with Crippen molar-refractivity contribution in [3.8, 4) is 5.88 Å². The number of hydrogen-bond donors (Lipinski definition) is 2. The van der Waals surface area contributed by atoms with Crippen LogP contribution >= 0.6 is 11.3 Å². The van der Waals surface area contributed by atoms with Crippen LogP contribution in [0.5, 0.6) is 5.88 Å². The van der Waals surface area contributed by atoms with E-state index >= 15 is 0 Å². The summed E-state index contributed by atoms with van der Waals surface area (Å²) in [4.78, 5) is 18.4. The van der Waals surface area contributed by atoms with E-state index in [9.17, 15) is 4.79 Å². The van der Waals surface area contributed by atoms with Gasteiger partial charge in [-0.25, -0.2) is 4.79 Å². The maximum absolute atomic E-state index is 11.2. The predicted molar refractivity (Wildman–Crippen MR) is 83.7 cm³/mol. The van der Waals surface area contributed by atoms with Gasteiger partial charge in [0.1, 0.15) is 0 Å². The number of benzene rings is 1. The molecule has 0 fully saturated rings. The highest BCUT2D eigenvalue weighted by molar-refractivity contribution is 7.15. The quantitative estimate of drug-likeness (QED) is 0.854. The Labute approximate surface area is 127 Å². The van der Waals surface area contributed by atoms with E-state index in [4.69, 9.17) is 9.84 Å². The second-order valence-electron chi connectivity index (χ2n) is 4.53. The number of rotatable bonds is 6. The molecule has 0 saturated heterocycles. The molecule has 2 N–H and O–H groups in total. The SMILES string of the molecule is COc1nc(N(C)C)sc1CNc1ccccc1C(=O)O. The van der Waals surface area contributed by atoms with E-state index in [0.717, 1.165) is 10.0 Å². The zero-order chi connectivity index (χ0) is 15.4. The number of carboxylic acid groups (broad SMARTS) is 1.